The lowest BCUT2D eigenvalue weighted by molar-refractivity contribution is -0.384. The fourth-order valence-electron chi connectivity index (χ4n) is 4.45. The zero-order valence-electron chi connectivity index (χ0n) is 21.7. The lowest BCUT2D eigenvalue weighted by Gasteiger charge is -2.30. The number of hydrogen-bond acceptors (Lipinski definition) is 9. The molecule has 0 amide bonds. The molecule has 1 fully saturated rings. The highest BCUT2D eigenvalue weighted by Gasteiger charge is 2.22. The third kappa shape index (κ3) is 7.07. The molecule has 0 atom stereocenters. The van der Waals surface area contributed by atoms with Crippen LogP contribution < -0.4 is 25.0 Å². The van der Waals surface area contributed by atoms with Crippen molar-refractivity contribution in [2.24, 2.45) is 0 Å². The van der Waals surface area contributed by atoms with Crippen LogP contribution in [0, 0.1) is 17.0 Å². The first-order valence-corrected chi connectivity index (χ1v) is 12.4. The van der Waals surface area contributed by atoms with Crippen molar-refractivity contribution in [3.05, 3.63) is 70.0 Å². The average molecular weight is 507 g/mol. The summed E-state index contributed by atoms with van der Waals surface area (Å²) in [5.74, 6) is 4.44. The van der Waals surface area contributed by atoms with Gasteiger partial charge in [0.25, 0.3) is 5.69 Å². The van der Waals surface area contributed by atoms with Gasteiger partial charge in [0.05, 0.1) is 12.0 Å². The maximum atomic E-state index is 11.4. The van der Waals surface area contributed by atoms with E-state index in [1.54, 1.807) is 19.2 Å². The number of nitro groups is 1. The Morgan fingerprint density at radius 1 is 1.00 bits per heavy atom. The van der Waals surface area contributed by atoms with Gasteiger partial charge < -0.3 is 25.0 Å². The summed E-state index contributed by atoms with van der Waals surface area (Å²) >= 11 is 0. The Labute approximate surface area is 217 Å². The molecule has 10 heteroatoms. The maximum absolute atomic E-state index is 11.4. The quantitative estimate of drug-likeness (QED) is 0.287. The molecule has 0 saturated heterocycles. The molecule has 2 N–H and O–H groups in total. The molecule has 3 aromatic rings. The van der Waals surface area contributed by atoms with E-state index in [4.69, 9.17) is 9.47 Å². The van der Waals surface area contributed by atoms with Gasteiger partial charge in [0.15, 0.2) is 0 Å². The van der Waals surface area contributed by atoms with Gasteiger partial charge in [-0.1, -0.05) is 0 Å². The number of anilines is 2. The third-order valence-corrected chi connectivity index (χ3v) is 6.49. The Bertz CT molecular complexity index is 1210. The first kappa shape index (κ1) is 26.2. The molecule has 0 unspecified atom stereocenters. The Hall–Kier alpha value is -3.92. The van der Waals surface area contributed by atoms with Gasteiger partial charge in [-0.3, -0.25) is 10.1 Å². The maximum Gasteiger partial charge on any atom is 0.270 e. The smallest absolute Gasteiger partial charge is 0.270 e. The summed E-state index contributed by atoms with van der Waals surface area (Å²) in [7, 11) is 5.55. The van der Waals surface area contributed by atoms with E-state index in [1.807, 2.05) is 56.3 Å². The Morgan fingerprint density at radius 2 is 1.68 bits per heavy atom. The average Bonchev–Trinajstić information content (AvgIpc) is 2.89. The van der Waals surface area contributed by atoms with Crippen LogP contribution in [0.25, 0.3) is 0 Å². The van der Waals surface area contributed by atoms with Crippen LogP contribution in [0.5, 0.6) is 17.2 Å². The van der Waals surface area contributed by atoms with Crippen LogP contribution in [0.4, 0.5) is 17.3 Å². The minimum Gasteiger partial charge on any atom is -0.497 e. The zero-order chi connectivity index (χ0) is 26.4. The molecule has 0 radical (unpaired) electrons. The summed E-state index contributed by atoms with van der Waals surface area (Å²) in [5.41, 5.74) is 0.793. The van der Waals surface area contributed by atoms with Crippen molar-refractivity contribution < 1.29 is 14.4 Å². The number of nitrogens with zero attached hydrogens (tertiary/aromatic N) is 4. The number of aromatic nitrogens is 2. The van der Waals surface area contributed by atoms with Crippen molar-refractivity contribution in [1.82, 2.24) is 15.3 Å². The number of ether oxygens (including phenoxy) is 2. The monoisotopic (exact) mass is 506 g/mol. The summed E-state index contributed by atoms with van der Waals surface area (Å²) in [4.78, 5) is 22.0. The molecule has 1 heterocycles. The largest absolute Gasteiger partial charge is 0.497 e. The second kappa shape index (κ2) is 11.9. The SMILES string of the molecule is COc1ccc(Oc2ccc([N+](=O)[O-])cc2CNC2CCC(Nc3cc(N(C)C)nc(C)n3)CC2)cc1. The van der Waals surface area contributed by atoms with Crippen molar-refractivity contribution in [2.75, 3.05) is 31.4 Å². The number of rotatable bonds is 10. The predicted molar refractivity (Wildman–Crippen MR) is 144 cm³/mol. The topological polar surface area (TPSA) is 115 Å². The number of non-ortho nitro benzene ring substituents is 1. The minimum absolute atomic E-state index is 0.0454. The van der Waals surface area contributed by atoms with Crippen molar-refractivity contribution in [1.29, 1.82) is 0 Å². The van der Waals surface area contributed by atoms with Gasteiger partial charge in [-0.15, -0.1) is 0 Å². The number of hydrogen-bond donors (Lipinski definition) is 2. The first-order chi connectivity index (χ1) is 17.8. The molecular formula is C27H34N6O4. The first-order valence-electron chi connectivity index (χ1n) is 12.4. The number of nitro benzene ring substituents is 1. The van der Waals surface area contributed by atoms with Gasteiger partial charge in [0, 0.05) is 56.5 Å². The highest BCUT2D eigenvalue weighted by atomic mass is 16.6. The van der Waals surface area contributed by atoms with Gasteiger partial charge in [0.1, 0.15) is 34.7 Å². The van der Waals surface area contributed by atoms with Crippen molar-refractivity contribution in [3.8, 4) is 17.2 Å². The molecule has 37 heavy (non-hydrogen) atoms. The van der Waals surface area contributed by atoms with Crippen molar-refractivity contribution in [3.63, 3.8) is 0 Å². The van der Waals surface area contributed by atoms with E-state index in [9.17, 15) is 10.1 Å². The zero-order valence-corrected chi connectivity index (χ0v) is 21.7. The number of nitrogens with one attached hydrogen (secondary N) is 2. The number of methoxy groups -OCH3 is 1. The second-order valence-corrected chi connectivity index (χ2v) is 9.45. The molecule has 1 saturated carbocycles. The van der Waals surface area contributed by atoms with Crippen LogP contribution >= 0.6 is 0 Å². The summed E-state index contributed by atoms with van der Waals surface area (Å²) < 4.78 is 11.3. The lowest BCUT2D eigenvalue weighted by atomic mass is 9.91. The van der Waals surface area contributed by atoms with Crippen LogP contribution in [0.1, 0.15) is 37.1 Å². The van der Waals surface area contributed by atoms with Crippen LogP contribution in [0.15, 0.2) is 48.5 Å². The van der Waals surface area contributed by atoms with Gasteiger partial charge in [0.2, 0.25) is 0 Å². The van der Waals surface area contributed by atoms with Crippen LogP contribution in [-0.4, -0.2) is 48.2 Å². The van der Waals surface area contributed by atoms with E-state index in [0.717, 1.165) is 54.5 Å². The summed E-state index contributed by atoms with van der Waals surface area (Å²) in [6.45, 7) is 2.38. The van der Waals surface area contributed by atoms with Crippen LogP contribution in [0.2, 0.25) is 0 Å². The fourth-order valence-corrected chi connectivity index (χ4v) is 4.45. The van der Waals surface area contributed by atoms with Gasteiger partial charge >= 0.3 is 0 Å². The summed E-state index contributed by atoms with van der Waals surface area (Å²) in [6, 6.07) is 14.6. The molecule has 0 spiro atoms. The van der Waals surface area contributed by atoms with Gasteiger partial charge in [-0.25, -0.2) is 9.97 Å². The summed E-state index contributed by atoms with van der Waals surface area (Å²) in [6.07, 6.45) is 3.99. The molecule has 4 rings (SSSR count). The number of benzene rings is 2. The third-order valence-electron chi connectivity index (χ3n) is 6.49. The van der Waals surface area contributed by atoms with Crippen LogP contribution in [-0.2, 0) is 6.54 Å². The Morgan fingerprint density at radius 3 is 2.32 bits per heavy atom. The molecule has 1 aliphatic rings. The molecule has 0 bridgehead atoms. The molecule has 1 aliphatic carbocycles. The molecule has 10 nitrogen and oxygen atoms in total. The van der Waals surface area contributed by atoms with E-state index >= 15 is 0 Å². The molecule has 2 aromatic carbocycles. The molecular weight excluding hydrogens is 472 g/mol. The molecule has 1 aromatic heterocycles. The van der Waals surface area contributed by atoms with E-state index in [2.05, 4.69) is 20.6 Å². The van der Waals surface area contributed by atoms with Crippen LogP contribution in [0.3, 0.4) is 0 Å². The highest BCUT2D eigenvalue weighted by Crippen LogP contribution is 2.31. The summed E-state index contributed by atoms with van der Waals surface area (Å²) in [5, 5.41) is 18.5. The minimum atomic E-state index is -0.381. The Kier molecular flexibility index (Phi) is 8.39. The van der Waals surface area contributed by atoms with E-state index < -0.39 is 0 Å². The fraction of sp³-hybridized carbons (Fsp3) is 0.407. The number of aryl methyl sites for hydroxylation is 1. The highest BCUT2D eigenvalue weighted by molar-refractivity contribution is 5.49. The predicted octanol–water partition coefficient (Wildman–Crippen LogP) is 5.07. The lowest BCUT2D eigenvalue weighted by Crippen LogP contribution is -2.36. The van der Waals surface area contributed by atoms with Crippen molar-refractivity contribution >= 4 is 17.3 Å². The van der Waals surface area contributed by atoms with E-state index in [1.165, 1.54) is 6.07 Å². The second-order valence-electron chi connectivity index (χ2n) is 9.45. The Balaban J connectivity index is 1.36. The van der Waals surface area contributed by atoms with E-state index in [-0.39, 0.29) is 10.6 Å². The standard InChI is InChI=1S/C27H34N6O4/c1-18-29-26(16-27(30-18)32(2)3)31-21-7-5-20(6-8-21)28-17-19-15-22(33(34)35)9-14-25(19)37-24-12-10-23(36-4)11-13-24/h9-16,20-21,28H,5-8,17H2,1-4H3,(H,29,30,31). The van der Waals surface area contributed by atoms with Gasteiger partial charge in [-0.05, 0) is 62.9 Å². The van der Waals surface area contributed by atoms with Gasteiger partial charge in [-0.2, -0.15) is 0 Å². The normalized spacial score (nSPS) is 17.2. The van der Waals surface area contributed by atoms with E-state index in [0.29, 0.717) is 30.1 Å². The molecule has 196 valence electrons. The van der Waals surface area contributed by atoms with Crippen molar-refractivity contribution in [2.45, 2.75) is 51.2 Å². The molecule has 0 aliphatic heterocycles.